The number of methoxy groups -OCH3 is 2. The summed E-state index contributed by atoms with van der Waals surface area (Å²) in [7, 11) is 3.21. The Labute approximate surface area is 206 Å². The molecular formula is C28H31N3O4. The number of ether oxygens (including phenoxy) is 2. The summed E-state index contributed by atoms with van der Waals surface area (Å²) >= 11 is 0. The van der Waals surface area contributed by atoms with Crippen LogP contribution in [0.15, 0.2) is 66.7 Å². The summed E-state index contributed by atoms with van der Waals surface area (Å²) in [5.74, 6) is 1.23. The number of nitrogens with zero attached hydrogens (tertiary/aromatic N) is 1. The van der Waals surface area contributed by atoms with Gasteiger partial charge in [0.15, 0.2) is 11.5 Å². The monoisotopic (exact) mass is 473 g/mol. The molecule has 2 amide bonds. The summed E-state index contributed by atoms with van der Waals surface area (Å²) < 4.78 is 10.6. The van der Waals surface area contributed by atoms with Gasteiger partial charge in [0.1, 0.15) is 6.17 Å². The molecule has 4 rings (SSSR count). The van der Waals surface area contributed by atoms with Gasteiger partial charge in [0.25, 0.3) is 11.8 Å². The van der Waals surface area contributed by atoms with E-state index >= 15 is 0 Å². The molecule has 0 aromatic heterocycles. The van der Waals surface area contributed by atoms with Crippen molar-refractivity contribution in [1.82, 2.24) is 10.2 Å². The Hall–Kier alpha value is -4.00. The molecule has 0 fully saturated rings. The van der Waals surface area contributed by atoms with Crippen molar-refractivity contribution in [3.05, 3.63) is 89.0 Å². The van der Waals surface area contributed by atoms with Crippen LogP contribution >= 0.6 is 0 Å². The largest absolute Gasteiger partial charge is 0.493 e. The SMILES string of the molecule is COc1ccc(CCNC(=O)c2ccc(NC3c4ccccc4C(=O)N3C(C)C)cc2)cc1OC. The van der Waals surface area contributed by atoms with Gasteiger partial charge < -0.3 is 25.0 Å². The fraction of sp³-hybridized carbons (Fsp3) is 0.286. The highest BCUT2D eigenvalue weighted by molar-refractivity contribution is 5.99. The highest BCUT2D eigenvalue weighted by Crippen LogP contribution is 2.35. The van der Waals surface area contributed by atoms with Gasteiger partial charge in [-0.05, 0) is 68.3 Å². The van der Waals surface area contributed by atoms with Crippen LogP contribution < -0.4 is 20.1 Å². The Balaban J connectivity index is 1.37. The van der Waals surface area contributed by atoms with Crippen molar-refractivity contribution in [2.45, 2.75) is 32.5 Å². The molecular weight excluding hydrogens is 442 g/mol. The van der Waals surface area contributed by atoms with Crippen LogP contribution in [0, 0.1) is 0 Å². The van der Waals surface area contributed by atoms with Gasteiger partial charge in [-0.2, -0.15) is 0 Å². The first-order valence-corrected chi connectivity index (χ1v) is 11.7. The Morgan fingerprint density at radius 3 is 2.37 bits per heavy atom. The van der Waals surface area contributed by atoms with E-state index in [-0.39, 0.29) is 24.0 Å². The van der Waals surface area contributed by atoms with Crippen molar-refractivity contribution in [2.24, 2.45) is 0 Å². The molecule has 0 saturated carbocycles. The molecule has 1 aliphatic heterocycles. The number of carbonyl (C=O) groups excluding carboxylic acids is 2. The number of carbonyl (C=O) groups is 2. The zero-order valence-electron chi connectivity index (χ0n) is 20.5. The summed E-state index contributed by atoms with van der Waals surface area (Å²) in [6, 6.07) is 20.8. The third-order valence-electron chi connectivity index (χ3n) is 6.15. The molecule has 1 heterocycles. The van der Waals surface area contributed by atoms with Crippen LogP contribution in [-0.4, -0.2) is 43.5 Å². The first-order valence-electron chi connectivity index (χ1n) is 11.7. The summed E-state index contributed by atoms with van der Waals surface area (Å²) in [4.78, 5) is 27.4. The van der Waals surface area contributed by atoms with Gasteiger partial charge in [-0.15, -0.1) is 0 Å². The number of hydrogen-bond acceptors (Lipinski definition) is 5. The first kappa shape index (κ1) is 24.1. The average Bonchev–Trinajstić information content (AvgIpc) is 3.15. The summed E-state index contributed by atoms with van der Waals surface area (Å²) in [5, 5.41) is 6.42. The van der Waals surface area contributed by atoms with E-state index in [0.29, 0.717) is 30.0 Å². The number of benzene rings is 3. The first-order chi connectivity index (χ1) is 16.9. The Bertz CT molecular complexity index is 1210. The molecule has 0 radical (unpaired) electrons. The molecule has 182 valence electrons. The van der Waals surface area contributed by atoms with Gasteiger partial charge in [-0.3, -0.25) is 9.59 Å². The number of rotatable bonds is 9. The lowest BCUT2D eigenvalue weighted by Gasteiger charge is -2.30. The van der Waals surface area contributed by atoms with Crippen molar-refractivity contribution in [3.63, 3.8) is 0 Å². The maximum Gasteiger partial charge on any atom is 0.256 e. The normalized spacial score (nSPS) is 14.6. The van der Waals surface area contributed by atoms with Crippen molar-refractivity contribution in [1.29, 1.82) is 0 Å². The molecule has 7 nitrogen and oxygen atoms in total. The lowest BCUT2D eigenvalue weighted by Crippen LogP contribution is -2.37. The van der Waals surface area contributed by atoms with Gasteiger partial charge in [-0.1, -0.05) is 24.3 Å². The summed E-state index contributed by atoms with van der Waals surface area (Å²) in [6.07, 6.45) is 0.422. The van der Waals surface area contributed by atoms with E-state index < -0.39 is 0 Å². The van der Waals surface area contributed by atoms with Crippen molar-refractivity contribution in [3.8, 4) is 11.5 Å². The fourth-order valence-electron chi connectivity index (χ4n) is 4.35. The molecule has 3 aromatic carbocycles. The third kappa shape index (κ3) is 5.09. The van der Waals surface area contributed by atoms with Crippen LogP contribution in [-0.2, 0) is 6.42 Å². The quantitative estimate of drug-likeness (QED) is 0.473. The standard InChI is InChI=1S/C28H31N3O4/c1-18(2)31-26(22-7-5-6-8-23(22)28(31)33)30-21-12-10-20(11-13-21)27(32)29-16-15-19-9-14-24(34-3)25(17-19)35-4/h5-14,17-18,26,30H,15-16H2,1-4H3,(H,29,32). The average molecular weight is 474 g/mol. The molecule has 2 N–H and O–H groups in total. The van der Waals surface area contributed by atoms with Gasteiger partial charge in [0.2, 0.25) is 0 Å². The van der Waals surface area contributed by atoms with Crippen LogP contribution in [0.5, 0.6) is 11.5 Å². The minimum Gasteiger partial charge on any atom is -0.493 e. The lowest BCUT2D eigenvalue weighted by atomic mass is 10.1. The number of nitrogens with one attached hydrogen (secondary N) is 2. The highest BCUT2D eigenvalue weighted by Gasteiger charge is 2.37. The second kappa shape index (κ2) is 10.5. The fourth-order valence-corrected chi connectivity index (χ4v) is 4.35. The Morgan fingerprint density at radius 1 is 0.971 bits per heavy atom. The third-order valence-corrected chi connectivity index (χ3v) is 6.15. The molecule has 0 spiro atoms. The Morgan fingerprint density at radius 2 is 1.69 bits per heavy atom. The minimum atomic E-state index is -0.250. The molecule has 3 aromatic rings. The molecule has 1 atom stereocenters. The molecule has 0 bridgehead atoms. The maximum atomic E-state index is 12.9. The number of anilines is 1. The van der Waals surface area contributed by atoms with Crippen LogP contribution in [0.3, 0.4) is 0 Å². The van der Waals surface area contributed by atoms with E-state index in [9.17, 15) is 9.59 Å². The molecule has 35 heavy (non-hydrogen) atoms. The maximum absolute atomic E-state index is 12.9. The van der Waals surface area contributed by atoms with Crippen LogP contribution in [0.4, 0.5) is 5.69 Å². The number of hydrogen-bond donors (Lipinski definition) is 2. The lowest BCUT2D eigenvalue weighted by molar-refractivity contribution is 0.0685. The molecule has 0 aliphatic carbocycles. The van der Waals surface area contributed by atoms with E-state index in [0.717, 1.165) is 22.4 Å². The van der Waals surface area contributed by atoms with Gasteiger partial charge in [0, 0.05) is 35.0 Å². The van der Waals surface area contributed by atoms with Crippen LogP contribution in [0.1, 0.15) is 51.9 Å². The molecule has 1 aliphatic rings. The van der Waals surface area contributed by atoms with E-state index in [1.807, 2.05) is 73.3 Å². The minimum absolute atomic E-state index is 0.0265. The second-order valence-corrected chi connectivity index (χ2v) is 8.71. The van der Waals surface area contributed by atoms with E-state index in [2.05, 4.69) is 10.6 Å². The zero-order valence-corrected chi connectivity index (χ0v) is 20.5. The molecule has 0 saturated heterocycles. The van der Waals surface area contributed by atoms with E-state index in [1.165, 1.54) is 0 Å². The topological polar surface area (TPSA) is 79.9 Å². The van der Waals surface area contributed by atoms with E-state index in [4.69, 9.17) is 9.47 Å². The van der Waals surface area contributed by atoms with Crippen LogP contribution in [0.2, 0.25) is 0 Å². The van der Waals surface area contributed by atoms with Crippen molar-refractivity contribution in [2.75, 3.05) is 26.1 Å². The zero-order chi connectivity index (χ0) is 24.9. The number of amides is 2. The highest BCUT2D eigenvalue weighted by atomic mass is 16.5. The van der Waals surface area contributed by atoms with Gasteiger partial charge >= 0.3 is 0 Å². The predicted molar refractivity (Wildman–Crippen MR) is 136 cm³/mol. The number of fused-ring (bicyclic) bond motifs is 1. The molecule has 1 unspecified atom stereocenters. The Kier molecular flexibility index (Phi) is 7.25. The predicted octanol–water partition coefficient (Wildman–Crippen LogP) is 4.65. The van der Waals surface area contributed by atoms with Crippen molar-refractivity contribution < 1.29 is 19.1 Å². The summed E-state index contributed by atoms with van der Waals surface area (Å²) in [5.41, 5.74) is 4.15. The molecule has 7 heteroatoms. The van der Waals surface area contributed by atoms with Crippen LogP contribution in [0.25, 0.3) is 0 Å². The van der Waals surface area contributed by atoms with E-state index in [1.54, 1.807) is 26.4 Å². The summed E-state index contributed by atoms with van der Waals surface area (Å²) in [6.45, 7) is 4.51. The van der Waals surface area contributed by atoms with Gasteiger partial charge in [0.05, 0.1) is 14.2 Å². The van der Waals surface area contributed by atoms with Crippen molar-refractivity contribution >= 4 is 17.5 Å². The van der Waals surface area contributed by atoms with Gasteiger partial charge in [-0.25, -0.2) is 0 Å². The smallest absolute Gasteiger partial charge is 0.256 e. The second-order valence-electron chi connectivity index (χ2n) is 8.71.